The summed E-state index contributed by atoms with van der Waals surface area (Å²) in [5, 5.41) is 6.65. The molecule has 3 aromatic rings. The second-order valence-electron chi connectivity index (χ2n) is 5.66. The van der Waals surface area contributed by atoms with E-state index in [1.807, 2.05) is 24.3 Å². The van der Waals surface area contributed by atoms with Crippen LogP contribution >= 0.6 is 0 Å². The average Bonchev–Trinajstić information content (AvgIpc) is 3.02. The molecule has 1 heterocycles. The highest BCUT2D eigenvalue weighted by Crippen LogP contribution is 2.28. The Labute approximate surface area is 151 Å². The lowest BCUT2D eigenvalue weighted by Gasteiger charge is -2.19. The molecule has 0 spiro atoms. The highest BCUT2D eigenvalue weighted by atomic mass is 19.4. The van der Waals surface area contributed by atoms with Crippen molar-refractivity contribution in [3.63, 3.8) is 0 Å². The molecule has 1 unspecified atom stereocenters. The Morgan fingerprint density at radius 1 is 1.22 bits per heavy atom. The number of para-hydroxylation sites is 2. The lowest BCUT2D eigenvalue weighted by atomic mass is 10.0. The summed E-state index contributed by atoms with van der Waals surface area (Å²) in [5.41, 5.74) is 10.6. The smallest absolute Gasteiger partial charge is 0.406 e. The Morgan fingerprint density at radius 3 is 2.78 bits per heavy atom. The van der Waals surface area contributed by atoms with E-state index in [2.05, 4.69) is 30.0 Å². The number of azide groups is 1. The van der Waals surface area contributed by atoms with Crippen molar-refractivity contribution in [2.75, 3.05) is 11.9 Å². The first-order valence-corrected chi connectivity index (χ1v) is 8.02. The quantitative estimate of drug-likeness (QED) is 0.332. The van der Waals surface area contributed by atoms with E-state index in [1.54, 1.807) is 6.07 Å². The Bertz CT molecular complexity index is 931. The van der Waals surface area contributed by atoms with Gasteiger partial charge in [-0.1, -0.05) is 29.4 Å². The van der Waals surface area contributed by atoms with Gasteiger partial charge in [-0.15, -0.1) is 13.2 Å². The number of imidazole rings is 1. The standard InChI is InChI=1S/C17H15F3N6O/c18-17(19,20)27-12-5-3-4-11(10-12)13(8-9-22-26-21)23-16-24-14-6-1-2-7-15(14)25-16/h1-7,10,13H,8-9H2,(H2,23,24,25). The number of nitrogens with one attached hydrogen (secondary N) is 2. The van der Waals surface area contributed by atoms with E-state index in [1.165, 1.54) is 18.2 Å². The van der Waals surface area contributed by atoms with E-state index in [-0.39, 0.29) is 12.3 Å². The number of nitrogens with zero attached hydrogens (tertiary/aromatic N) is 4. The molecule has 1 atom stereocenters. The molecule has 3 rings (SSSR count). The van der Waals surface area contributed by atoms with Crippen molar-refractivity contribution in [2.24, 2.45) is 5.11 Å². The van der Waals surface area contributed by atoms with Crippen molar-refractivity contribution in [1.82, 2.24) is 9.97 Å². The minimum atomic E-state index is -4.77. The minimum Gasteiger partial charge on any atom is -0.406 e. The number of halogens is 3. The number of rotatable bonds is 7. The van der Waals surface area contributed by atoms with E-state index in [0.717, 1.165) is 11.0 Å². The van der Waals surface area contributed by atoms with E-state index in [9.17, 15) is 13.2 Å². The highest BCUT2D eigenvalue weighted by Gasteiger charge is 2.31. The van der Waals surface area contributed by atoms with Gasteiger partial charge in [0.05, 0.1) is 17.1 Å². The molecule has 0 saturated heterocycles. The third-order valence-electron chi connectivity index (χ3n) is 3.78. The summed E-state index contributed by atoms with van der Waals surface area (Å²) in [4.78, 5) is 10.2. The van der Waals surface area contributed by atoms with Crippen LogP contribution in [0.4, 0.5) is 19.1 Å². The number of benzene rings is 2. The van der Waals surface area contributed by atoms with Gasteiger partial charge in [0.2, 0.25) is 5.95 Å². The van der Waals surface area contributed by atoms with Gasteiger partial charge in [0.1, 0.15) is 5.75 Å². The Hall–Kier alpha value is -3.39. The number of hydrogen-bond donors (Lipinski definition) is 2. The van der Waals surface area contributed by atoms with Gasteiger partial charge in [-0.2, -0.15) is 0 Å². The van der Waals surface area contributed by atoms with Crippen LogP contribution in [0.2, 0.25) is 0 Å². The zero-order valence-corrected chi connectivity index (χ0v) is 13.9. The monoisotopic (exact) mass is 376 g/mol. The summed E-state index contributed by atoms with van der Waals surface area (Å²) in [6, 6.07) is 12.6. The predicted molar refractivity (Wildman–Crippen MR) is 94.2 cm³/mol. The molecule has 0 radical (unpaired) electrons. The summed E-state index contributed by atoms with van der Waals surface area (Å²) in [5.74, 6) is 0.143. The zero-order chi connectivity index (χ0) is 19.3. The predicted octanol–water partition coefficient (Wildman–Crippen LogP) is 5.32. The molecule has 2 N–H and O–H groups in total. The second kappa shape index (κ2) is 7.88. The lowest BCUT2D eigenvalue weighted by Crippen LogP contribution is -2.18. The SMILES string of the molecule is [N-]=[N+]=NCCC(Nc1nc2ccccc2[nH]1)c1cccc(OC(F)(F)F)c1. The number of H-pyrrole nitrogens is 1. The van der Waals surface area contributed by atoms with Crippen LogP contribution in [0.3, 0.4) is 0 Å². The maximum atomic E-state index is 12.5. The fourth-order valence-corrected chi connectivity index (χ4v) is 2.67. The number of aromatic nitrogens is 2. The Balaban J connectivity index is 1.86. The normalized spacial score (nSPS) is 12.4. The van der Waals surface area contributed by atoms with Gasteiger partial charge in [0.15, 0.2) is 0 Å². The van der Waals surface area contributed by atoms with Gasteiger partial charge in [0.25, 0.3) is 0 Å². The molecule has 1 aromatic heterocycles. The third-order valence-corrected chi connectivity index (χ3v) is 3.78. The summed E-state index contributed by atoms with van der Waals surface area (Å²) < 4.78 is 41.4. The Morgan fingerprint density at radius 2 is 2.04 bits per heavy atom. The van der Waals surface area contributed by atoms with Gasteiger partial charge in [-0.3, -0.25) is 0 Å². The maximum absolute atomic E-state index is 12.5. The number of anilines is 1. The molecular formula is C17H15F3N6O. The van der Waals surface area contributed by atoms with E-state index >= 15 is 0 Å². The Kier molecular flexibility index (Phi) is 5.37. The molecule has 7 nitrogen and oxygen atoms in total. The van der Waals surface area contributed by atoms with Gasteiger partial charge in [-0.25, -0.2) is 4.98 Å². The van der Waals surface area contributed by atoms with E-state index < -0.39 is 12.4 Å². The zero-order valence-electron chi connectivity index (χ0n) is 13.9. The molecule has 0 fully saturated rings. The molecule has 0 aliphatic carbocycles. The van der Waals surface area contributed by atoms with Crippen molar-refractivity contribution >= 4 is 17.0 Å². The van der Waals surface area contributed by atoms with Crippen molar-refractivity contribution in [1.29, 1.82) is 0 Å². The van der Waals surface area contributed by atoms with Crippen LogP contribution in [0.5, 0.6) is 5.75 Å². The van der Waals surface area contributed by atoms with Crippen molar-refractivity contribution in [3.05, 3.63) is 64.5 Å². The van der Waals surface area contributed by atoms with Gasteiger partial charge >= 0.3 is 6.36 Å². The lowest BCUT2D eigenvalue weighted by molar-refractivity contribution is -0.274. The van der Waals surface area contributed by atoms with Crippen molar-refractivity contribution < 1.29 is 17.9 Å². The van der Waals surface area contributed by atoms with Crippen LogP contribution in [0.25, 0.3) is 21.5 Å². The summed E-state index contributed by atoms with van der Waals surface area (Å²) in [6.45, 7) is 0.165. The summed E-state index contributed by atoms with van der Waals surface area (Å²) >= 11 is 0. The maximum Gasteiger partial charge on any atom is 0.573 e. The van der Waals surface area contributed by atoms with Crippen LogP contribution in [0, 0.1) is 0 Å². The molecule has 0 aliphatic heterocycles. The average molecular weight is 376 g/mol. The van der Waals surface area contributed by atoms with Gasteiger partial charge in [0, 0.05) is 11.5 Å². The highest BCUT2D eigenvalue weighted by molar-refractivity contribution is 5.77. The van der Waals surface area contributed by atoms with Gasteiger partial charge in [-0.05, 0) is 41.8 Å². The second-order valence-corrected chi connectivity index (χ2v) is 5.66. The molecule has 0 bridgehead atoms. The third kappa shape index (κ3) is 5.05. The summed E-state index contributed by atoms with van der Waals surface area (Å²) in [6.07, 6.45) is -4.41. The summed E-state index contributed by atoms with van der Waals surface area (Å²) in [7, 11) is 0. The molecule has 10 heteroatoms. The number of alkyl halides is 3. The van der Waals surface area contributed by atoms with E-state index in [4.69, 9.17) is 5.53 Å². The first-order valence-electron chi connectivity index (χ1n) is 8.02. The molecule has 27 heavy (non-hydrogen) atoms. The number of ether oxygens (including phenoxy) is 1. The molecule has 0 amide bonds. The minimum absolute atomic E-state index is 0.165. The van der Waals surface area contributed by atoms with Crippen LogP contribution in [-0.4, -0.2) is 22.9 Å². The largest absolute Gasteiger partial charge is 0.573 e. The van der Waals surface area contributed by atoms with Crippen molar-refractivity contribution in [2.45, 2.75) is 18.8 Å². The molecule has 0 aliphatic rings. The van der Waals surface area contributed by atoms with E-state index in [0.29, 0.717) is 17.9 Å². The van der Waals surface area contributed by atoms with Crippen LogP contribution in [0.1, 0.15) is 18.0 Å². The molecule has 0 saturated carbocycles. The van der Waals surface area contributed by atoms with Crippen molar-refractivity contribution in [3.8, 4) is 5.75 Å². The van der Waals surface area contributed by atoms with Crippen LogP contribution in [0.15, 0.2) is 53.6 Å². The van der Waals surface area contributed by atoms with Crippen LogP contribution in [-0.2, 0) is 0 Å². The van der Waals surface area contributed by atoms with Crippen LogP contribution < -0.4 is 10.1 Å². The number of aromatic amines is 1. The fraction of sp³-hybridized carbons (Fsp3) is 0.235. The topological polar surface area (TPSA) is 98.7 Å². The molecule has 140 valence electrons. The fourth-order valence-electron chi connectivity index (χ4n) is 2.67. The first-order chi connectivity index (χ1) is 12.9. The first kappa shape index (κ1) is 18.4. The molecular weight excluding hydrogens is 361 g/mol. The number of hydrogen-bond acceptors (Lipinski definition) is 4. The van der Waals surface area contributed by atoms with Gasteiger partial charge < -0.3 is 15.0 Å². The number of fused-ring (bicyclic) bond motifs is 1. The molecule has 2 aromatic carbocycles.